The molecule has 0 saturated heterocycles. The molecule has 1 aliphatic rings. The summed E-state index contributed by atoms with van der Waals surface area (Å²) in [5, 5.41) is 0. The Balaban J connectivity index is 1.76. The Morgan fingerprint density at radius 3 is 2.45 bits per heavy atom. The maximum atomic E-state index is 12.6. The average Bonchev–Trinajstić information content (AvgIpc) is 2.96. The lowest BCUT2D eigenvalue weighted by molar-refractivity contribution is -0.150. The third-order valence-corrected chi connectivity index (χ3v) is 4.65. The van der Waals surface area contributed by atoms with Crippen LogP contribution in [0.5, 0.6) is 11.5 Å². The van der Waals surface area contributed by atoms with Gasteiger partial charge < -0.3 is 14.2 Å². The minimum atomic E-state index is -0.749. The Hall–Kier alpha value is -3.08. The molecule has 1 aliphatic heterocycles. The molecule has 5 nitrogen and oxygen atoms in total. The zero-order chi connectivity index (χ0) is 21.2. The van der Waals surface area contributed by atoms with E-state index in [1.54, 1.807) is 38.1 Å². The second kappa shape index (κ2) is 8.11. The molecule has 0 saturated carbocycles. The molecule has 3 rings (SSSR count). The first-order chi connectivity index (χ1) is 13.7. The Bertz CT molecular complexity index is 948. The van der Waals surface area contributed by atoms with Crippen molar-refractivity contribution >= 4 is 17.8 Å². The highest BCUT2D eigenvalue weighted by molar-refractivity contribution is 6.14. The van der Waals surface area contributed by atoms with E-state index in [9.17, 15) is 9.59 Å². The minimum Gasteiger partial charge on any atom is -0.479 e. The average molecular weight is 394 g/mol. The maximum absolute atomic E-state index is 12.6. The molecular weight excluding hydrogens is 368 g/mol. The number of benzene rings is 2. The van der Waals surface area contributed by atoms with E-state index in [1.807, 2.05) is 12.1 Å². The third-order valence-electron chi connectivity index (χ3n) is 4.65. The topological polar surface area (TPSA) is 61.8 Å². The van der Waals surface area contributed by atoms with Crippen LogP contribution in [0.2, 0.25) is 0 Å². The molecule has 0 bridgehead atoms. The van der Waals surface area contributed by atoms with Crippen LogP contribution in [0.15, 0.2) is 48.2 Å². The highest BCUT2D eigenvalue weighted by atomic mass is 16.6. The highest BCUT2D eigenvalue weighted by Crippen LogP contribution is 2.35. The van der Waals surface area contributed by atoms with Crippen molar-refractivity contribution in [2.45, 2.75) is 46.1 Å². The van der Waals surface area contributed by atoms with E-state index in [0.29, 0.717) is 23.7 Å². The number of carbonyl (C=O) groups excluding carboxylic acids is 2. The van der Waals surface area contributed by atoms with Crippen LogP contribution in [0.25, 0.3) is 6.08 Å². The van der Waals surface area contributed by atoms with Crippen LogP contribution in [-0.2, 0) is 14.9 Å². The van der Waals surface area contributed by atoms with Gasteiger partial charge in [-0.2, -0.15) is 0 Å². The van der Waals surface area contributed by atoms with E-state index in [0.717, 1.165) is 5.56 Å². The summed E-state index contributed by atoms with van der Waals surface area (Å²) in [6.45, 7) is 10.1. The third kappa shape index (κ3) is 4.67. The van der Waals surface area contributed by atoms with Crippen molar-refractivity contribution in [1.29, 1.82) is 0 Å². The lowest BCUT2D eigenvalue weighted by Gasteiger charge is -2.18. The molecule has 0 amide bonds. The van der Waals surface area contributed by atoms with Crippen molar-refractivity contribution in [3.8, 4) is 11.5 Å². The summed E-state index contributed by atoms with van der Waals surface area (Å²) < 4.78 is 16.3. The number of esters is 1. The number of Topliss-reactive ketones (excluding diaryl/α,β-unsaturated/α-hetero) is 1. The SMILES string of the molecule is CCOC(=O)[C@@H](C)Oc1ccc2c(c1)OC(=Cc1ccc(C(C)(C)C)cc1)C2=O. The molecule has 5 heteroatoms. The number of allylic oxidation sites excluding steroid dienone is 1. The largest absolute Gasteiger partial charge is 0.479 e. The van der Waals surface area contributed by atoms with E-state index >= 15 is 0 Å². The van der Waals surface area contributed by atoms with Gasteiger partial charge in [-0.15, -0.1) is 0 Å². The van der Waals surface area contributed by atoms with Gasteiger partial charge in [-0.3, -0.25) is 4.79 Å². The van der Waals surface area contributed by atoms with Gasteiger partial charge in [-0.1, -0.05) is 45.0 Å². The molecule has 0 fully saturated rings. The van der Waals surface area contributed by atoms with Crippen LogP contribution in [0.4, 0.5) is 0 Å². The lowest BCUT2D eigenvalue weighted by atomic mass is 9.86. The first-order valence-corrected chi connectivity index (χ1v) is 9.71. The molecule has 1 heterocycles. The molecule has 0 unspecified atom stereocenters. The molecule has 2 aromatic carbocycles. The summed E-state index contributed by atoms with van der Waals surface area (Å²) in [5.41, 5.74) is 2.65. The Morgan fingerprint density at radius 1 is 1.14 bits per heavy atom. The predicted molar refractivity (Wildman–Crippen MR) is 111 cm³/mol. The fraction of sp³-hybridized carbons (Fsp3) is 0.333. The monoisotopic (exact) mass is 394 g/mol. The minimum absolute atomic E-state index is 0.0681. The van der Waals surface area contributed by atoms with Gasteiger partial charge in [-0.05, 0) is 48.6 Å². The number of carbonyl (C=O) groups is 2. The van der Waals surface area contributed by atoms with Crippen molar-refractivity contribution in [2.24, 2.45) is 0 Å². The van der Waals surface area contributed by atoms with Gasteiger partial charge >= 0.3 is 5.97 Å². The molecule has 0 N–H and O–H groups in total. The quantitative estimate of drug-likeness (QED) is 0.531. The number of fused-ring (bicyclic) bond motifs is 1. The van der Waals surface area contributed by atoms with E-state index in [-0.39, 0.29) is 17.0 Å². The number of hydrogen-bond donors (Lipinski definition) is 0. The number of hydrogen-bond acceptors (Lipinski definition) is 5. The zero-order valence-electron chi connectivity index (χ0n) is 17.4. The number of rotatable bonds is 5. The normalized spacial score (nSPS) is 15.6. The second-order valence-corrected chi connectivity index (χ2v) is 7.98. The Morgan fingerprint density at radius 2 is 1.83 bits per heavy atom. The lowest BCUT2D eigenvalue weighted by Crippen LogP contribution is -2.26. The van der Waals surface area contributed by atoms with Gasteiger partial charge in [0.25, 0.3) is 0 Å². The van der Waals surface area contributed by atoms with Gasteiger partial charge in [0.05, 0.1) is 12.2 Å². The van der Waals surface area contributed by atoms with Gasteiger partial charge in [0.15, 0.2) is 11.9 Å². The van der Waals surface area contributed by atoms with Crippen molar-refractivity contribution in [2.75, 3.05) is 6.61 Å². The van der Waals surface area contributed by atoms with Crippen molar-refractivity contribution in [1.82, 2.24) is 0 Å². The maximum Gasteiger partial charge on any atom is 0.347 e. The molecule has 0 aliphatic carbocycles. The summed E-state index contributed by atoms with van der Waals surface area (Å²) in [6, 6.07) is 13.0. The molecule has 1 atom stereocenters. The molecule has 0 radical (unpaired) electrons. The van der Waals surface area contributed by atoms with Crippen molar-refractivity contribution in [3.05, 3.63) is 64.9 Å². The van der Waals surface area contributed by atoms with E-state index in [1.165, 1.54) is 5.56 Å². The predicted octanol–water partition coefficient (Wildman–Crippen LogP) is 4.93. The second-order valence-electron chi connectivity index (χ2n) is 7.98. The fourth-order valence-electron chi connectivity index (χ4n) is 2.98. The van der Waals surface area contributed by atoms with E-state index < -0.39 is 12.1 Å². The number of ketones is 1. The number of ether oxygens (including phenoxy) is 3. The molecular formula is C24H26O5. The zero-order valence-corrected chi connectivity index (χ0v) is 17.4. The molecule has 2 aromatic rings. The first-order valence-electron chi connectivity index (χ1n) is 9.71. The van der Waals surface area contributed by atoms with Crippen LogP contribution in [-0.4, -0.2) is 24.5 Å². The Labute approximate surface area is 171 Å². The van der Waals surface area contributed by atoms with Crippen molar-refractivity contribution in [3.63, 3.8) is 0 Å². The van der Waals surface area contributed by atoms with Crippen LogP contribution in [0, 0.1) is 0 Å². The van der Waals surface area contributed by atoms with Crippen LogP contribution in [0.3, 0.4) is 0 Å². The standard InChI is InChI=1S/C24H26O5/c1-6-27-23(26)15(2)28-18-11-12-19-20(14-18)29-21(22(19)25)13-16-7-9-17(10-8-16)24(3,4)5/h7-15H,6H2,1-5H3/t15-/m1/s1. The van der Waals surface area contributed by atoms with Crippen LogP contribution >= 0.6 is 0 Å². The summed E-state index contributed by atoms with van der Waals surface area (Å²) in [7, 11) is 0. The van der Waals surface area contributed by atoms with Gasteiger partial charge in [0, 0.05) is 6.07 Å². The highest BCUT2D eigenvalue weighted by Gasteiger charge is 2.28. The summed E-state index contributed by atoms with van der Waals surface area (Å²) in [5.74, 6) is 0.502. The fourth-order valence-corrected chi connectivity index (χ4v) is 2.98. The molecule has 152 valence electrons. The molecule has 29 heavy (non-hydrogen) atoms. The van der Waals surface area contributed by atoms with Crippen molar-refractivity contribution < 1.29 is 23.8 Å². The first kappa shape index (κ1) is 20.6. The van der Waals surface area contributed by atoms with Crippen LogP contribution < -0.4 is 9.47 Å². The smallest absolute Gasteiger partial charge is 0.347 e. The molecule has 0 spiro atoms. The molecule has 0 aromatic heterocycles. The van der Waals surface area contributed by atoms with Crippen LogP contribution in [0.1, 0.15) is 56.1 Å². The van der Waals surface area contributed by atoms with Gasteiger partial charge in [0.1, 0.15) is 11.5 Å². The van der Waals surface area contributed by atoms with E-state index in [4.69, 9.17) is 14.2 Å². The van der Waals surface area contributed by atoms with Gasteiger partial charge in [0.2, 0.25) is 5.78 Å². The summed E-state index contributed by atoms with van der Waals surface area (Å²) in [6.07, 6.45) is 0.984. The van der Waals surface area contributed by atoms with Gasteiger partial charge in [-0.25, -0.2) is 4.79 Å². The summed E-state index contributed by atoms with van der Waals surface area (Å²) >= 11 is 0. The Kier molecular flexibility index (Phi) is 5.78. The summed E-state index contributed by atoms with van der Waals surface area (Å²) in [4.78, 5) is 24.4. The van der Waals surface area contributed by atoms with E-state index in [2.05, 4.69) is 32.9 Å².